The van der Waals surface area contributed by atoms with Gasteiger partial charge in [0.1, 0.15) is 0 Å². The summed E-state index contributed by atoms with van der Waals surface area (Å²) in [5.41, 5.74) is 0.999. The Hall–Kier alpha value is -1.06. The van der Waals surface area contributed by atoms with Gasteiger partial charge in [-0.15, -0.1) is 23.6 Å². The minimum atomic E-state index is -0.375. The molecular weight excluding hydrogens is 489 g/mol. The van der Waals surface area contributed by atoms with E-state index in [1.54, 1.807) is 25.2 Å². The Labute approximate surface area is 155 Å². The average Bonchev–Trinajstić information content (AvgIpc) is 2.91. The molecule has 2 heterocycles. The van der Waals surface area contributed by atoms with Crippen molar-refractivity contribution in [1.29, 1.82) is 0 Å². The molecule has 0 saturated carbocycles. The normalized spacial score (nSPS) is 12.7. The molecule has 0 radical (unpaired) electrons. The fraction of sp³-hybridized carbons (Fsp3) is 0.278. The number of pyridine rings is 1. The maximum atomic E-state index is 8.56. The third-order valence-corrected chi connectivity index (χ3v) is 4.02. The van der Waals surface area contributed by atoms with Crippen molar-refractivity contribution >= 4 is 21.4 Å². The van der Waals surface area contributed by atoms with Gasteiger partial charge >= 0.3 is 0 Å². The third-order valence-electron chi connectivity index (χ3n) is 2.93. The molecule has 2 N–H and O–H groups in total. The first-order valence-electron chi connectivity index (χ1n) is 7.24. The van der Waals surface area contributed by atoms with E-state index in [0.717, 1.165) is 10.6 Å². The van der Waals surface area contributed by atoms with Gasteiger partial charge in [-0.3, -0.25) is 0 Å². The van der Waals surface area contributed by atoms with Crippen LogP contribution in [0.5, 0.6) is 0 Å². The number of aromatic nitrogens is 1. The molecule has 0 saturated heterocycles. The Kier molecular flexibility index (Phi) is 8.64. The molecule has 0 aliphatic heterocycles. The monoisotopic (exact) mass is 509 g/mol. The van der Waals surface area contributed by atoms with Crippen molar-refractivity contribution in [2.24, 2.45) is 0 Å². The van der Waals surface area contributed by atoms with Crippen LogP contribution in [0.3, 0.4) is 0 Å². The number of hydrogen-bond acceptors (Lipinski definition) is 4. The van der Waals surface area contributed by atoms with Crippen LogP contribution in [0.15, 0.2) is 48.7 Å². The largest absolute Gasteiger partial charge is 0.393 e. The van der Waals surface area contributed by atoms with Crippen molar-refractivity contribution in [2.45, 2.75) is 32.5 Å². The second-order valence-corrected chi connectivity index (χ2v) is 6.25. The minimum absolute atomic E-state index is 0. The minimum Gasteiger partial charge on any atom is -0.393 e. The summed E-state index contributed by atoms with van der Waals surface area (Å²) < 4.78 is 1.26. The van der Waals surface area contributed by atoms with Gasteiger partial charge < -0.3 is 15.2 Å². The van der Waals surface area contributed by atoms with E-state index in [4.69, 9.17) is 10.2 Å². The summed E-state index contributed by atoms with van der Waals surface area (Å²) in [7, 11) is 0. The van der Waals surface area contributed by atoms with E-state index in [1.165, 1.54) is 10.1 Å². The zero-order valence-electron chi connectivity index (χ0n) is 13.0. The van der Waals surface area contributed by atoms with Crippen LogP contribution >= 0.6 is 11.3 Å². The van der Waals surface area contributed by atoms with Gasteiger partial charge in [-0.25, -0.2) is 11.3 Å². The Bertz CT molecular complexity index is 659. The standard InChI is InChI=1S/C13H8NS.C5H12O2.Pt/c1-2-7-12-10(5-1)9-13(15-12)11-6-3-4-8-14-11;1-4(6)3-5(2)7;/h1-8H;4-7H,3H2,1-2H3;/q-1;;. The summed E-state index contributed by atoms with van der Waals surface area (Å²) >= 11 is 1.73. The van der Waals surface area contributed by atoms with E-state index >= 15 is 0 Å². The summed E-state index contributed by atoms with van der Waals surface area (Å²) in [5.74, 6) is 0. The first kappa shape index (κ1) is 20.0. The van der Waals surface area contributed by atoms with Gasteiger partial charge in [0.25, 0.3) is 0 Å². The molecule has 0 spiro atoms. The van der Waals surface area contributed by atoms with Crippen molar-refractivity contribution in [3.63, 3.8) is 0 Å². The number of benzene rings is 1. The Morgan fingerprint density at radius 1 is 1.04 bits per heavy atom. The van der Waals surface area contributed by atoms with Crippen LogP contribution in [0.2, 0.25) is 0 Å². The SMILES string of the molecule is CC(O)CC(C)O.[Pt].[c-]1c(-c2ccccn2)sc2ccccc12. The number of nitrogens with zero attached hydrogens (tertiary/aromatic N) is 1. The number of rotatable bonds is 3. The van der Waals surface area contributed by atoms with E-state index in [-0.39, 0.29) is 33.3 Å². The molecule has 0 aliphatic rings. The molecule has 0 bridgehead atoms. The van der Waals surface area contributed by atoms with Gasteiger partial charge in [0.05, 0.1) is 12.2 Å². The number of aliphatic hydroxyl groups is 2. The maximum absolute atomic E-state index is 8.56. The second kappa shape index (κ2) is 9.94. The molecule has 126 valence electrons. The first-order valence-corrected chi connectivity index (χ1v) is 8.06. The van der Waals surface area contributed by atoms with Gasteiger partial charge in [0, 0.05) is 33.0 Å². The zero-order chi connectivity index (χ0) is 15.9. The van der Waals surface area contributed by atoms with Gasteiger partial charge in [-0.05, 0) is 35.9 Å². The van der Waals surface area contributed by atoms with Crippen LogP contribution in [0.25, 0.3) is 20.7 Å². The molecular formula is C18H20NO2PtS-. The summed E-state index contributed by atoms with van der Waals surface area (Å²) in [6.07, 6.45) is 1.54. The van der Waals surface area contributed by atoms with Crippen molar-refractivity contribution < 1.29 is 31.3 Å². The van der Waals surface area contributed by atoms with Gasteiger partial charge in [-0.2, -0.15) is 0 Å². The summed E-state index contributed by atoms with van der Waals surface area (Å²) in [6, 6.07) is 17.6. The summed E-state index contributed by atoms with van der Waals surface area (Å²) in [4.78, 5) is 5.43. The summed E-state index contributed by atoms with van der Waals surface area (Å²) in [5, 5.41) is 18.3. The van der Waals surface area contributed by atoms with Crippen LogP contribution in [0.4, 0.5) is 0 Å². The van der Waals surface area contributed by atoms with E-state index in [9.17, 15) is 0 Å². The number of fused-ring (bicyclic) bond motifs is 1. The maximum Gasteiger partial charge on any atom is 0.0536 e. The van der Waals surface area contributed by atoms with Gasteiger partial charge in [-0.1, -0.05) is 24.3 Å². The van der Waals surface area contributed by atoms with E-state index < -0.39 is 0 Å². The van der Waals surface area contributed by atoms with Crippen LogP contribution < -0.4 is 0 Å². The van der Waals surface area contributed by atoms with E-state index in [1.807, 2.05) is 30.5 Å². The quantitative estimate of drug-likeness (QED) is 0.527. The molecule has 3 aromatic rings. The molecule has 0 aliphatic carbocycles. The molecule has 1 aromatic carbocycles. The number of aliphatic hydroxyl groups excluding tert-OH is 2. The van der Waals surface area contributed by atoms with Gasteiger partial charge in [0.15, 0.2) is 0 Å². The Morgan fingerprint density at radius 3 is 2.22 bits per heavy atom. The van der Waals surface area contributed by atoms with Crippen LogP contribution in [-0.4, -0.2) is 27.4 Å². The molecule has 0 amide bonds. The number of thiophene rings is 1. The predicted molar refractivity (Wildman–Crippen MR) is 91.9 cm³/mol. The smallest absolute Gasteiger partial charge is 0.0536 e. The van der Waals surface area contributed by atoms with Crippen molar-refractivity contribution in [3.8, 4) is 10.6 Å². The molecule has 2 aromatic heterocycles. The zero-order valence-corrected chi connectivity index (χ0v) is 16.1. The van der Waals surface area contributed by atoms with Gasteiger partial charge in [0.2, 0.25) is 0 Å². The predicted octanol–water partition coefficient (Wildman–Crippen LogP) is 3.90. The fourth-order valence-electron chi connectivity index (χ4n) is 2.02. The van der Waals surface area contributed by atoms with Crippen molar-refractivity contribution in [3.05, 3.63) is 54.7 Å². The van der Waals surface area contributed by atoms with Crippen molar-refractivity contribution in [2.75, 3.05) is 0 Å². The molecule has 3 nitrogen and oxygen atoms in total. The van der Waals surface area contributed by atoms with E-state index in [0.29, 0.717) is 6.42 Å². The summed E-state index contributed by atoms with van der Waals surface area (Å²) in [6.45, 7) is 3.32. The molecule has 3 rings (SSSR count). The number of hydrogen-bond donors (Lipinski definition) is 2. The molecule has 5 heteroatoms. The molecule has 2 unspecified atom stereocenters. The second-order valence-electron chi connectivity index (χ2n) is 5.20. The van der Waals surface area contributed by atoms with Crippen LogP contribution in [0, 0.1) is 6.07 Å². The van der Waals surface area contributed by atoms with Crippen LogP contribution in [0.1, 0.15) is 20.3 Å². The molecule has 2 atom stereocenters. The average molecular weight is 510 g/mol. The van der Waals surface area contributed by atoms with Crippen LogP contribution in [-0.2, 0) is 21.1 Å². The molecule has 23 heavy (non-hydrogen) atoms. The fourth-order valence-corrected chi connectivity index (χ4v) is 3.01. The molecule has 0 fully saturated rings. The Balaban J connectivity index is 0.000000287. The van der Waals surface area contributed by atoms with E-state index in [2.05, 4.69) is 29.2 Å². The topological polar surface area (TPSA) is 53.4 Å². The van der Waals surface area contributed by atoms with Crippen molar-refractivity contribution in [1.82, 2.24) is 4.98 Å². The first-order chi connectivity index (χ1) is 10.6. The third kappa shape index (κ3) is 6.52. The Morgan fingerprint density at radius 2 is 1.70 bits per heavy atom.